The second kappa shape index (κ2) is 6.14. The third-order valence-electron chi connectivity index (χ3n) is 2.41. The molecule has 7 heteroatoms. The van der Waals surface area contributed by atoms with E-state index in [-0.39, 0.29) is 5.69 Å². The van der Waals surface area contributed by atoms with Gasteiger partial charge < -0.3 is 10.1 Å². The van der Waals surface area contributed by atoms with Gasteiger partial charge in [-0.25, -0.2) is 0 Å². The van der Waals surface area contributed by atoms with Crippen molar-refractivity contribution in [1.82, 2.24) is 4.98 Å². The zero-order valence-corrected chi connectivity index (χ0v) is 11.1. The summed E-state index contributed by atoms with van der Waals surface area (Å²) in [7, 11) is 0. The van der Waals surface area contributed by atoms with Gasteiger partial charge in [-0.05, 0) is 19.1 Å². The molecule has 2 aromatic rings. The van der Waals surface area contributed by atoms with Gasteiger partial charge in [0, 0.05) is 11.1 Å². The first-order valence-corrected chi connectivity index (χ1v) is 6.61. The van der Waals surface area contributed by atoms with Crippen LogP contribution in [0.5, 0.6) is 5.75 Å². The molecule has 1 heterocycles. The average molecular weight is 279 g/mol. The minimum Gasteiger partial charge on any atom is -0.494 e. The molecule has 0 saturated carbocycles. The topological polar surface area (TPSA) is 77.3 Å². The molecule has 0 aliphatic heterocycles. The van der Waals surface area contributed by atoms with Crippen molar-refractivity contribution in [3.05, 3.63) is 44.9 Å². The number of nitro groups is 1. The minimum absolute atomic E-state index is 0.00969. The molecule has 0 aliphatic carbocycles. The number of thiazole rings is 1. The molecule has 1 aromatic carbocycles. The molecule has 0 saturated heterocycles. The lowest BCUT2D eigenvalue weighted by molar-refractivity contribution is -0.384. The summed E-state index contributed by atoms with van der Waals surface area (Å²) in [4.78, 5) is 15.6. The quantitative estimate of drug-likeness (QED) is 0.649. The summed E-state index contributed by atoms with van der Waals surface area (Å²) >= 11 is 1.50. The van der Waals surface area contributed by atoms with Crippen LogP contribution in [0.3, 0.4) is 0 Å². The first kappa shape index (κ1) is 13.3. The molecular weight excluding hydrogens is 266 g/mol. The van der Waals surface area contributed by atoms with Crippen LogP contribution in [0.15, 0.2) is 29.9 Å². The van der Waals surface area contributed by atoms with Crippen molar-refractivity contribution in [3.63, 3.8) is 0 Å². The van der Waals surface area contributed by atoms with E-state index in [1.54, 1.807) is 23.8 Å². The second-order valence-corrected chi connectivity index (χ2v) is 4.66. The largest absolute Gasteiger partial charge is 0.494 e. The highest BCUT2D eigenvalue weighted by molar-refractivity contribution is 7.09. The Kier molecular flexibility index (Phi) is 4.30. The Bertz CT molecular complexity index is 557. The molecule has 0 bridgehead atoms. The van der Waals surface area contributed by atoms with Gasteiger partial charge >= 0.3 is 0 Å². The van der Waals surface area contributed by atoms with Crippen LogP contribution >= 0.6 is 11.3 Å². The van der Waals surface area contributed by atoms with Crippen molar-refractivity contribution in [2.75, 3.05) is 11.9 Å². The fraction of sp³-hybridized carbons (Fsp3) is 0.250. The predicted octanol–water partition coefficient (Wildman–Crippen LogP) is 3.06. The average Bonchev–Trinajstić information content (AvgIpc) is 2.90. The van der Waals surface area contributed by atoms with Crippen LogP contribution in [-0.4, -0.2) is 16.5 Å². The van der Waals surface area contributed by atoms with Crippen molar-refractivity contribution in [2.45, 2.75) is 13.5 Å². The first-order chi connectivity index (χ1) is 9.20. The highest BCUT2D eigenvalue weighted by atomic mass is 32.1. The lowest BCUT2D eigenvalue weighted by atomic mass is 10.2. The molecule has 0 fully saturated rings. The number of nitrogens with zero attached hydrogens (tertiary/aromatic N) is 2. The SMILES string of the molecule is CCOc1ccc(NCc2cncs2)c([N+](=O)[O-])c1. The molecule has 1 aromatic heterocycles. The Morgan fingerprint density at radius 1 is 1.53 bits per heavy atom. The Labute approximate surface area is 114 Å². The molecule has 6 nitrogen and oxygen atoms in total. The monoisotopic (exact) mass is 279 g/mol. The molecule has 100 valence electrons. The van der Waals surface area contributed by atoms with Crippen molar-refractivity contribution >= 4 is 22.7 Å². The maximum absolute atomic E-state index is 11.0. The maximum Gasteiger partial charge on any atom is 0.296 e. The Morgan fingerprint density at radius 2 is 2.37 bits per heavy atom. The predicted molar refractivity (Wildman–Crippen MR) is 73.7 cm³/mol. The minimum atomic E-state index is -0.419. The fourth-order valence-corrected chi connectivity index (χ4v) is 2.11. The summed E-state index contributed by atoms with van der Waals surface area (Å²) in [6.07, 6.45) is 1.73. The zero-order chi connectivity index (χ0) is 13.7. The standard InChI is InChI=1S/C12H13N3O3S/c1-2-18-9-3-4-11(12(5-9)15(16)17)14-7-10-6-13-8-19-10/h3-6,8,14H,2,7H2,1H3. The van der Waals surface area contributed by atoms with Crippen molar-refractivity contribution < 1.29 is 9.66 Å². The van der Waals surface area contributed by atoms with Crippen LogP contribution in [0.25, 0.3) is 0 Å². The zero-order valence-electron chi connectivity index (χ0n) is 10.3. The molecule has 0 spiro atoms. The summed E-state index contributed by atoms with van der Waals surface area (Å²) in [6.45, 7) is 2.83. The van der Waals surface area contributed by atoms with E-state index < -0.39 is 4.92 Å². The summed E-state index contributed by atoms with van der Waals surface area (Å²) in [5.74, 6) is 0.498. The molecule has 1 N–H and O–H groups in total. The normalized spacial score (nSPS) is 10.2. The number of hydrogen-bond donors (Lipinski definition) is 1. The lowest BCUT2D eigenvalue weighted by Gasteiger charge is -2.08. The molecule has 0 unspecified atom stereocenters. The van der Waals surface area contributed by atoms with Gasteiger partial charge in [-0.3, -0.25) is 15.1 Å². The van der Waals surface area contributed by atoms with Crippen LogP contribution in [0.4, 0.5) is 11.4 Å². The molecular formula is C12H13N3O3S. The van der Waals surface area contributed by atoms with Gasteiger partial charge in [0.25, 0.3) is 5.69 Å². The number of hydrogen-bond acceptors (Lipinski definition) is 6. The summed E-state index contributed by atoms with van der Waals surface area (Å²) < 4.78 is 5.26. The smallest absolute Gasteiger partial charge is 0.296 e. The third-order valence-corrected chi connectivity index (χ3v) is 3.19. The van der Waals surface area contributed by atoms with Crippen molar-refractivity contribution in [1.29, 1.82) is 0 Å². The van der Waals surface area contributed by atoms with E-state index >= 15 is 0 Å². The van der Waals surface area contributed by atoms with Gasteiger partial charge in [-0.15, -0.1) is 11.3 Å². The van der Waals surface area contributed by atoms with Crippen molar-refractivity contribution in [2.24, 2.45) is 0 Å². The molecule has 2 rings (SSSR count). The van der Waals surface area contributed by atoms with E-state index in [1.807, 2.05) is 6.92 Å². The van der Waals surface area contributed by atoms with E-state index in [1.165, 1.54) is 17.4 Å². The summed E-state index contributed by atoms with van der Waals surface area (Å²) in [5, 5.41) is 14.1. The fourth-order valence-electron chi connectivity index (χ4n) is 1.58. The number of ether oxygens (including phenoxy) is 1. The second-order valence-electron chi connectivity index (χ2n) is 3.69. The van der Waals surface area contributed by atoms with Gasteiger partial charge in [0.2, 0.25) is 0 Å². The van der Waals surface area contributed by atoms with Crippen LogP contribution in [0, 0.1) is 10.1 Å². The van der Waals surface area contributed by atoms with E-state index in [2.05, 4.69) is 10.3 Å². The number of benzene rings is 1. The van der Waals surface area contributed by atoms with Crippen LogP contribution in [0.1, 0.15) is 11.8 Å². The van der Waals surface area contributed by atoms with Gasteiger partial charge in [-0.1, -0.05) is 0 Å². The highest BCUT2D eigenvalue weighted by Gasteiger charge is 2.15. The number of nitro benzene ring substituents is 1. The number of aromatic nitrogens is 1. The summed E-state index contributed by atoms with van der Waals surface area (Å²) in [5.41, 5.74) is 2.21. The Hall–Kier alpha value is -2.15. The van der Waals surface area contributed by atoms with Gasteiger partial charge in [-0.2, -0.15) is 0 Å². The Morgan fingerprint density at radius 3 is 3.00 bits per heavy atom. The summed E-state index contributed by atoms with van der Waals surface area (Å²) in [6, 6.07) is 4.80. The maximum atomic E-state index is 11.0. The van der Waals surface area contributed by atoms with E-state index in [0.29, 0.717) is 24.6 Å². The molecule has 19 heavy (non-hydrogen) atoms. The molecule has 0 atom stereocenters. The van der Waals surface area contributed by atoms with Crippen LogP contribution in [-0.2, 0) is 6.54 Å². The number of rotatable bonds is 6. The Balaban J connectivity index is 2.16. The van der Waals surface area contributed by atoms with E-state index in [0.717, 1.165) is 4.88 Å². The van der Waals surface area contributed by atoms with Crippen LogP contribution in [0.2, 0.25) is 0 Å². The van der Waals surface area contributed by atoms with Crippen molar-refractivity contribution in [3.8, 4) is 5.75 Å². The molecule has 0 radical (unpaired) electrons. The van der Waals surface area contributed by atoms with Gasteiger partial charge in [0.15, 0.2) is 0 Å². The van der Waals surface area contributed by atoms with E-state index in [4.69, 9.17) is 4.74 Å². The molecule has 0 aliphatic rings. The van der Waals surface area contributed by atoms with Crippen LogP contribution < -0.4 is 10.1 Å². The highest BCUT2D eigenvalue weighted by Crippen LogP contribution is 2.29. The molecule has 0 amide bonds. The van der Waals surface area contributed by atoms with Gasteiger partial charge in [0.05, 0.1) is 29.7 Å². The lowest BCUT2D eigenvalue weighted by Crippen LogP contribution is -2.02. The number of nitrogens with one attached hydrogen (secondary N) is 1. The number of anilines is 1. The van der Waals surface area contributed by atoms with Gasteiger partial charge in [0.1, 0.15) is 11.4 Å². The van der Waals surface area contributed by atoms with E-state index in [9.17, 15) is 10.1 Å². The third kappa shape index (κ3) is 3.41. The first-order valence-electron chi connectivity index (χ1n) is 5.73.